The van der Waals surface area contributed by atoms with Gasteiger partial charge in [0.25, 0.3) is 0 Å². The van der Waals surface area contributed by atoms with Gasteiger partial charge in [-0.25, -0.2) is 0 Å². The molecule has 1 aromatic carbocycles. The third-order valence-electron chi connectivity index (χ3n) is 3.04. The van der Waals surface area contributed by atoms with E-state index in [1.165, 1.54) is 0 Å². The molecule has 0 aliphatic carbocycles. The Balaban J connectivity index is 2.79. The first-order valence-corrected chi connectivity index (χ1v) is 6.65. The van der Waals surface area contributed by atoms with Crippen LogP contribution in [0.25, 0.3) is 0 Å². The van der Waals surface area contributed by atoms with E-state index < -0.39 is 0 Å². The van der Waals surface area contributed by atoms with E-state index in [1.807, 2.05) is 45.0 Å². The Hall–Kier alpha value is -1.44. The molecule has 0 N–H and O–H groups in total. The molecule has 18 heavy (non-hydrogen) atoms. The molecule has 0 radical (unpaired) electrons. The van der Waals surface area contributed by atoms with Crippen molar-refractivity contribution < 1.29 is 9.59 Å². The van der Waals surface area contributed by atoms with Gasteiger partial charge in [-0.3, -0.25) is 9.59 Å². The van der Waals surface area contributed by atoms with Crippen LogP contribution < -0.4 is 0 Å². The third-order valence-corrected chi connectivity index (χ3v) is 3.04. The van der Waals surface area contributed by atoms with Gasteiger partial charge >= 0.3 is 0 Å². The normalized spacial score (nSPS) is 10.7. The van der Waals surface area contributed by atoms with Crippen LogP contribution in [0.5, 0.6) is 0 Å². The van der Waals surface area contributed by atoms with E-state index in [4.69, 9.17) is 0 Å². The molecule has 0 aliphatic heterocycles. The number of carbonyl (C=O) groups excluding carboxylic acids is 2. The van der Waals surface area contributed by atoms with Crippen LogP contribution in [0.4, 0.5) is 0 Å². The summed E-state index contributed by atoms with van der Waals surface area (Å²) in [5, 5.41) is 0. The van der Waals surface area contributed by atoms with Gasteiger partial charge in [-0.2, -0.15) is 0 Å². The second kappa shape index (κ2) is 7.10. The minimum absolute atomic E-state index is 0.0457. The van der Waals surface area contributed by atoms with Crippen LogP contribution in [0.1, 0.15) is 44.7 Å². The smallest absolute Gasteiger partial charge is 0.139 e. The van der Waals surface area contributed by atoms with Crippen molar-refractivity contribution in [2.24, 2.45) is 5.92 Å². The summed E-state index contributed by atoms with van der Waals surface area (Å²) in [7, 11) is 0. The van der Waals surface area contributed by atoms with Gasteiger partial charge in [0.05, 0.1) is 0 Å². The largest absolute Gasteiger partial charge is 0.299 e. The molecule has 0 saturated carbocycles. The Labute approximate surface area is 109 Å². The first-order chi connectivity index (χ1) is 8.54. The summed E-state index contributed by atoms with van der Waals surface area (Å²) in [6, 6.07) is 7.76. The number of hydrogen-bond donors (Lipinski definition) is 0. The predicted octanol–water partition coefficient (Wildman–Crippen LogP) is 3.37. The molecular weight excluding hydrogens is 224 g/mol. The molecule has 2 nitrogen and oxygen atoms in total. The molecular formula is C16H22O2. The lowest BCUT2D eigenvalue weighted by atomic mass is 9.94. The average Bonchev–Trinajstić information content (AvgIpc) is 2.31. The molecule has 0 amide bonds. The molecule has 0 aromatic heterocycles. The zero-order valence-corrected chi connectivity index (χ0v) is 11.5. The second-order valence-corrected chi connectivity index (χ2v) is 5.03. The molecule has 0 spiro atoms. The quantitative estimate of drug-likeness (QED) is 0.739. The molecule has 1 rings (SSSR count). The fourth-order valence-corrected chi connectivity index (χ4v) is 1.87. The van der Waals surface area contributed by atoms with E-state index in [2.05, 4.69) is 0 Å². The highest BCUT2D eigenvalue weighted by atomic mass is 16.1. The van der Waals surface area contributed by atoms with Crippen LogP contribution >= 0.6 is 0 Å². The van der Waals surface area contributed by atoms with E-state index in [0.29, 0.717) is 19.3 Å². The Kier molecular flexibility index (Phi) is 5.76. The van der Waals surface area contributed by atoms with Crippen LogP contribution in [0.15, 0.2) is 24.3 Å². The lowest BCUT2D eigenvalue weighted by Gasteiger charge is -2.09. The van der Waals surface area contributed by atoms with Gasteiger partial charge in [0, 0.05) is 25.2 Å². The van der Waals surface area contributed by atoms with Crippen LogP contribution in [0, 0.1) is 5.92 Å². The maximum Gasteiger partial charge on any atom is 0.139 e. The van der Waals surface area contributed by atoms with Crippen molar-refractivity contribution in [3.8, 4) is 0 Å². The lowest BCUT2D eigenvalue weighted by molar-refractivity contribution is -0.121. The standard InChI is InChI=1S/C16H22O2/c1-4-7-15(17)10-13-8-5-6-9-14(13)11-16(18)12(2)3/h5-6,8-9,12H,4,7,10-11H2,1-3H3. The molecule has 98 valence electrons. The fraction of sp³-hybridized carbons (Fsp3) is 0.500. The molecule has 0 saturated heterocycles. The van der Waals surface area contributed by atoms with Crippen molar-refractivity contribution >= 4 is 11.6 Å². The number of Topliss-reactive ketones (excluding diaryl/α,β-unsaturated/α-hetero) is 2. The zero-order valence-electron chi connectivity index (χ0n) is 11.5. The summed E-state index contributed by atoms with van der Waals surface area (Å²) in [4.78, 5) is 23.5. The van der Waals surface area contributed by atoms with Gasteiger partial charge in [0.2, 0.25) is 0 Å². The Bertz CT molecular complexity index is 419. The monoisotopic (exact) mass is 246 g/mol. The zero-order chi connectivity index (χ0) is 13.5. The summed E-state index contributed by atoms with van der Waals surface area (Å²) in [5.74, 6) is 0.525. The van der Waals surface area contributed by atoms with Crippen LogP contribution in [0.3, 0.4) is 0 Å². The highest BCUT2D eigenvalue weighted by Crippen LogP contribution is 2.14. The van der Waals surface area contributed by atoms with E-state index in [1.54, 1.807) is 0 Å². The van der Waals surface area contributed by atoms with Crippen LogP contribution in [-0.2, 0) is 22.4 Å². The maximum absolute atomic E-state index is 11.8. The summed E-state index contributed by atoms with van der Waals surface area (Å²) >= 11 is 0. The van der Waals surface area contributed by atoms with Crippen molar-refractivity contribution in [1.82, 2.24) is 0 Å². The molecule has 0 fully saturated rings. The topological polar surface area (TPSA) is 34.1 Å². The summed E-state index contributed by atoms with van der Waals surface area (Å²) < 4.78 is 0. The first-order valence-electron chi connectivity index (χ1n) is 6.65. The SMILES string of the molecule is CCCC(=O)Cc1ccccc1CC(=O)C(C)C. The highest BCUT2D eigenvalue weighted by Gasteiger charge is 2.12. The fourth-order valence-electron chi connectivity index (χ4n) is 1.87. The number of benzene rings is 1. The highest BCUT2D eigenvalue weighted by molar-refractivity contribution is 5.84. The first kappa shape index (κ1) is 14.6. The summed E-state index contributed by atoms with van der Waals surface area (Å²) in [6.07, 6.45) is 2.39. The van der Waals surface area contributed by atoms with E-state index in [0.717, 1.165) is 17.5 Å². The molecule has 1 aromatic rings. The Morgan fingerprint density at radius 3 is 2.11 bits per heavy atom. The van der Waals surface area contributed by atoms with Crippen LogP contribution in [0.2, 0.25) is 0 Å². The second-order valence-electron chi connectivity index (χ2n) is 5.03. The maximum atomic E-state index is 11.8. The Morgan fingerprint density at radius 2 is 1.61 bits per heavy atom. The number of carbonyl (C=O) groups is 2. The third kappa shape index (κ3) is 4.44. The number of rotatable bonds is 7. The molecule has 0 atom stereocenters. The Morgan fingerprint density at radius 1 is 1.06 bits per heavy atom. The number of hydrogen-bond acceptors (Lipinski definition) is 2. The molecule has 0 aliphatic rings. The van der Waals surface area contributed by atoms with Gasteiger partial charge < -0.3 is 0 Å². The van der Waals surface area contributed by atoms with Gasteiger partial charge in [-0.1, -0.05) is 45.0 Å². The number of ketones is 2. The van der Waals surface area contributed by atoms with Gasteiger partial charge in [-0.15, -0.1) is 0 Å². The molecule has 0 heterocycles. The van der Waals surface area contributed by atoms with Crippen molar-refractivity contribution in [2.45, 2.75) is 46.5 Å². The van der Waals surface area contributed by atoms with Crippen molar-refractivity contribution in [2.75, 3.05) is 0 Å². The van der Waals surface area contributed by atoms with Gasteiger partial charge in [0.1, 0.15) is 11.6 Å². The molecule has 2 heteroatoms. The lowest BCUT2D eigenvalue weighted by Crippen LogP contribution is -2.13. The van der Waals surface area contributed by atoms with Crippen LogP contribution in [-0.4, -0.2) is 11.6 Å². The summed E-state index contributed by atoms with van der Waals surface area (Å²) in [6.45, 7) is 5.83. The van der Waals surface area contributed by atoms with Crippen molar-refractivity contribution in [3.63, 3.8) is 0 Å². The van der Waals surface area contributed by atoms with Gasteiger partial charge in [0.15, 0.2) is 0 Å². The van der Waals surface area contributed by atoms with E-state index >= 15 is 0 Å². The van der Waals surface area contributed by atoms with E-state index in [-0.39, 0.29) is 17.5 Å². The molecule has 0 bridgehead atoms. The van der Waals surface area contributed by atoms with Crippen molar-refractivity contribution in [3.05, 3.63) is 35.4 Å². The molecule has 0 unspecified atom stereocenters. The van der Waals surface area contributed by atoms with E-state index in [9.17, 15) is 9.59 Å². The average molecular weight is 246 g/mol. The minimum atomic E-state index is 0.0457. The summed E-state index contributed by atoms with van der Waals surface area (Å²) in [5.41, 5.74) is 2.01. The van der Waals surface area contributed by atoms with Gasteiger partial charge in [-0.05, 0) is 17.5 Å². The minimum Gasteiger partial charge on any atom is -0.299 e. The predicted molar refractivity (Wildman–Crippen MR) is 73.6 cm³/mol. The van der Waals surface area contributed by atoms with Crippen molar-refractivity contribution in [1.29, 1.82) is 0 Å².